The monoisotopic (exact) mass is 392 g/mol. The van der Waals surface area contributed by atoms with Crippen LogP contribution in [-0.2, 0) is 0 Å². The van der Waals surface area contributed by atoms with Crippen molar-refractivity contribution in [3.63, 3.8) is 0 Å². The second-order valence-electron chi connectivity index (χ2n) is 8.68. The van der Waals surface area contributed by atoms with Crippen LogP contribution in [0.4, 0.5) is 0 Å². The summed E-state index contributed by atoms with van der Waals surface area (Å²) in [6, 6.07) is 7.77. The molecule has 0 aliphatic heterocycles. The lowest BCUT2D eigenvalue weighted by Gasteiger charge is -2.19. The Bertz CT molecular complexity index is 854. The molecule has 2 fully saturated rings. The zero-order chi connectivity index (χ0) is 21.0. The average molecular weight is 393 g/mol. The number of carbonyl (C=O) groups excluding carboxylic acids is 1. The molecule has 1 aromatic carbocycles. The van der Waals surface area contributed by atoms with Crippen molar-refractivity contribution in [3.8, 4) is 11.8 Å². The fourth-order valence-corrected chi connectivity index (χ4v) is 4.79. The topological polar surface area (TPSA) is 57.5 Å². The molecule has 1 aromatic rings. The molecule has 0 aromatic heterocycles. The van der Waals surface area contributed by atoms with Crippen LogP contribution in [-0.4, -0.2) is 28.2 Å². The smallest absolute Gasteiger partial charge is 0.159 e. The number of hydrogen-bond acceptors (Lipinski definition) is 3. The van der Waals surface area contributed by atoms with Crippen molar-refractivity contribution in [2.24, 2.45) is 23.7 Å². The van der Waals surface area contributed by atoms with Crippen molar-refractivity contribution in [3.05, 3.63) is 53.1 Å². The Balaban J connectivity index is 1.68. The zero-order valence-electron chi connectivity index (χ0n) is 17.6. The normalized spacial score (nSPS) is 29.5. The van der Waals surface area contributed by atoms with Crippen LogP contribution >= 0.6 is 0 Å². The summed E-state index contributed by atoms with van der Waals surface area (Å²) in [5.41, 5.74) is 3.20. The number of aliphatic hydroxyl groups is 2. The number of carbonyl (C=O) groups is 1. The van der Waals surface area contributed by atoms with Gasteiger partial charge in [-0.15, -0.1) is 11.8 Å². The van der Waals surface area contributed by atoms with E-state index in [1.165, 1.54) is 5.57 Å². The fourth-order valence-electron chi connectivity index (χ4n) is 4.79. The van der Waals surface area contributed by atoms with Crippen molar-refractivity contribution in [1.82, 2.24) is 0 Å². The van der Waals surface area contributed by atoms with E-state index in [1.54, 1.807) is 6.92 Å². The van der Waals surface area contributed by atoms with Gasteiger partial charge >= 0.3 is 0 Å². The number of ketones is 1. The van der Waals surface area contributed by atoms with Crippen LogP contribution in [0.2, 0.25) is 0 Å². The predicted octanol–water partition coefficient (Wildman–Crippen LogP) is 4.65. The zero-order valence-corrected chi connectivity index (χ0v) is 17.6. The summed E-state index contributed by atoms with van der Waals surface area (Å²) in [7, 11) is 0. The van der Waals surface area contributed by atoms with Gasteiger partial charge in [0.05, 0.1) is 12.2 Å². The van der Waals surface area contributed by atoms with E-state index < -0.39 is 6.10 Å². The number of aliphatic hydroxyl groups excluding tert-OH is 2. The average Bonchev–Trinajstić information content (AvgIpc) is 3.20. The standard InChI is InChI=1S/C26H32O3/c1-4-5-7-17(2)25(28)11-10-23-24-15-20(14-22(24)16-26(23)29)12-19-8-6-9-21(13-19)18(3)27/h6,8-13,17,22-26,28-29H,7,14-16H2,1-3H3/t17?,22-,23-,24-,25+,26+/m0/s1. The van der Waals surface area contributed by atoms with Gasteiger partial charge in [-0.1, -0.05) is 48.9 Å². The molecule has 0 radical (unpaired) electrons. The van der Waals surface area contributed by atoms with Gasteiger partial charge in [-0.2, -0.15) is 0 Å². The number of fused-ring (bicyclic) bond motifs is 1. The van der Waals surface area contributed by atoms with E-state index in [4.69, 9.17) is 0 Å². The molecule has 154 valence electrons. The predicted molar refractivity (Wildman–Crippen MR) is 117 cm³/mol. The van der Waals surface area contributed by atoms with Gasteiger partial charge in [-0.25, -0.2) is 0 Å². The molecule has 0 amide bonds. The summed E-state index contributed by atoms with van der Waals surface area (Å²) in [5, 5.41) is 20.9. The van der Waals surface area contributed by atoms with E-state index in [1.807, 2.05) is 50.3 Å². The van der Waals surface area contributed by atoms with Crippen LogP contribution in [0.1, 0.15) is 62.4 Å². The van der Waals surface area contributed by atoms with E-state index in [0.717, 1.165) is 30.4 Å². The summed E-state index contributed by atoms with van der Waals surface area (Å²) in [6.45, 7) is 5.40. The van der Waals surface area contributed by atoms with Crippen LogP contribution in [0.25, 0.3) is 6.08 Å². The molecule has 2 aliphatic carbocycles. The van der Waals surface area contributed by atoms with Crippen LogP contribution in [0, 0.1) is 35.5 Å². The molecule has 0 bridgehead atoms. The molecule has 2 N–H and O–H groups in total. The summed E-state index contributed by atoms with van der Waals surface area (Å²) in [4.78, 5) is 11.6. The molecule has 0 saturated heterocycles. The Labute approximate surface area is 174 Å². The molecule has 3 rings (SSSR count). The molecule has 6 atom stereocenters. The minimum absolute atomic E-state index is 0.0829. The Morgan fingerprint density at radius 2 is 2.14 bits per heavy atom. The van der Waals surface area contributed by atoms with Gasteiger partial charge in [0.25, 0.3) is 0 Å². The van der Waals surface area contributed by atoms with Crippen molar-refractivity contribution in [2.75, 3.05) is 0 Å². The summed E-state index contributed by atoms with van der Waals surface area (Å²) >= 11 is 0. The van der Waals surface area contributed by atoms with E-state index in [9.17, 15) is 15.0 Å². The van der Waals surface area contributed by atoms with E-state index in [-0.39, 0.29) is 23.7 Å². The molecule has 2 aliphatic rings. The van der Waals surface area contributed by atoms with Crippen LogP contribution in [0.5, 0.6) is 0 Å². The molecular formula is C26H32O3. The molecule has 2 saturated carbocycles. The first-order valence-corrected chi connectivity index (χ1v) is 10.6. The van der Waals surface area contributed by atoms with Crippen molar-refractivity contribution >= 4 is 11.9 Å². The van der Waals surface area contributed by atoms with Gasteiger partial charge in [-0.05, 0) is 62.5 Å². The van der Waals surface area contributed by atoms with Crippen LogP contribution in [0.3, 0.4) is 0 Å². The fraction of sp³-hybridized carbons (Fsp3) is 0.500. The largest absolute Gasteiger partial charge is 0.392 e. The van der Waals surface area contributed by atoms with Crippen molar-refractivity contribution in [2.45, 2.75) is 58.7 Å². The highest BCUT2D eigenvalue weighted by molar-refractivity contribution is 5.94. The highest BCUT2D eigenvalue weighted by Gasteiger charge is 2.45. The highest BCUT2D eigenvalue weighted by atomic mass is 16.3. The molecular weight excluding hydrogens is 360 g/mol. The third-order valence-electron chi connectivity index (χ3n) is 6.49. The summed E-state index contributed by atoms with van der Waals surface area (Å²) in [6.07, 6.45) is 8.69. The maximum absolute atomic E-state index is 11.6. The van der Waals surface area contributed by atoms with Crippen molar-refractivity contribution in [1.29, 1.82) is 0 Å². The number of Topliss-reactive ketones (excluding diaryl/α,β-unsaturated/α-hetero) is 1. The van der Waals surface area contributed by atoms with Crippen molar-refractivity contribution < 1.29 is 15.0 Å². The van der Waals surface area contributed by atoms with Gasteiger partial charge in [0.1, 0.15) is 0 Å². The lowest BCUT2D eigenvalue weighted by atomic mass is 9.89. The maximum Gasteiger partial charge on any atom is 0.159 e. The number of benzene rings is 1. The molecule has 0 spiro atoms. The molecule has 0 heterocycles. The van der Waals surface area contributed by atoms with Gasteiger partial charge < -0.3 is 10.2 Å². The Hall–Kier alpha value is -2.15. The third kappa shape index (κ3) is 5.26. The van der Waals surface area contributed by atoms with E-state index in [0.29, 0.717) is 18.3 Å². The summed E-state index contributed by atoms with van der Waals surface area (Å²) < 4.78 is 0. The van der Waals surface area contributed by atoms with E-state index in [2.05, 4.69) is 17.9 Å². The van der Waals surface area contributed by atoms with Gasteiger partial charge in [0.2, 0.25) is 0 Å². The van der Waals surface area contributed by atoms with Gasteiger partial charge in [0.15, 0.2) is 5.78 Å². The summed E-state index contributed by atoms with van der Waals surface area (Å²) in [5.74, 6) is 7.06. The first-order valence-electron chi connectivity index (χ1n) is 10.6. The van der Waals surface area contributed by atoms with Gasteiger partial charge in [0, 0.05) is 17.9 Å². The molecule has 3 nitrogen and oxygen atoms in total. The van der Waals surface area contributed by atoms with Crippen LogP contribution in [0.15, 0.2) is 42.0 Å². The quantitative estimate of drug-likeness (QED) is 0.421. The first-order chi connectivity index (χ1) is 13.9. The van der Waals surface area contributed by atoms with Crippen LogP contribution < -0.4 is 0 Å². The Kier molecular flexibility index (Phi) is 7.11. The number of allylic oxidation sites excluding steroid dienone is 1. The lowest BCUT2D eigenvalue weighted by molar-refractivity contribution is 0.101. The Morgan fingerprint density at radius 3 is 2.86 bits per heavy atom. The second-order valence-corrected chi connectivity index (χ2v) is 8.68. The molecule has 3 heteroatoms. The lowest BCUT2D eigenvalue weighted by Crippen LogP contribution is -2.19. The van der Waals surface area contributed by atoms with E-state index >= 15 is 0 Å². The minimum atomic E-state index is -0.534. The Morgan fingerprint density at radius 1 is 1.34 bits per heavy atom. The third-order valence-corrected chi connectivity index (χ3v) is 6.49. The minimum Gasteiger partial charge on any atom is -0.392 e. The first kappa shape index (κ1) is 21.6. The van der Waals surface area contributed by atoms with Gasteiger partial charge in [-0.3, -0.25) is 4.79 Å². The molecule has 1 unspecified atom stereocenters. The second kappa shape index (κ2) is 9.57. The SMILES string of the molecule is CC#CCC(C)[C@H](O)C=C[C@H]1[C@H]2CC(=Cc3cccc(C(C)=O)c3)C[C@H]2C[C@H]1O. The molecule has 29 heavy (non-hydrogen) atoms. The number of rotatable bonds is 6. The highest BCUT2D eigenvalue weighted by Crippen LogP contribution is 2.50. The maximum atomic E-state index is 11.6. The number of hydrogen-bond donors (Lipinski definition) is 2.